The average Bonchev–Trinajstić information content (AvgIpc) is 2.90. The molecule has 1 aromatic carbocycles. The second kappa shape index (κ2) is 6.63. The normalized spacial score (nSPS) is 21.3. The van der Waals surface area contributed by atoms with Crippen molar-refractivity contribution in [2.75, 3.05) is 13.7 Å². The molecule has 9 heteroatoms. The number of hydrogen-bond donors (Lipinski definition) is 1. The minimum Gasteiger partial charge on any atom is -0.467 e. The molecule has 1 aliphatic rings. The number of esters is 1. The van der Waals surface area contributed by atoms with Crippen LogP contribution in [0.3, 0.4) is 0 Å². The van der Waals surface area contributed by atoms with E-state index in [9.17, 15) is 22.4 Å². The third-order valence-electron chi connectivity index (χ3n) is 3.62. The number of methoxy groups -OCH3 is 1. The Labute approximate surface area is 133 Å². The summed E-state index contributed by atoms with van der Waals surface area (Å²) in [6, 6.07) is 2.93. The van der Waals surface area contributed by atoms with Gasteiger partial charge in [0.2, 0.25) is 15.9 Å². The van der Waals surface area contributed by atoms with Crippen LogP contribution in [0.4, 0.5) is 4.39 Å². The fraction of sp³-hybridized carbons (Fsp3) is 0.429. The number of nitrogens with one attached hydrogen (secondary N) is 1. The van der Waals surface area contributed by atoms with Crippen LogP contribution in [0.5, 0.6) is 0 Å². The molecule has 1 aliphatic heterocycles. The van der Waals surface area contributed by atoms with E-state index in [1.807, 2.05) is 0 Å². The molecule has 1 amide bonds. The summed E-state index contributed by atoms with van der Waals surface area (Å²) in [6.07, 6.45) is 0.118. The fourth-order valence-electron chi connectivity index (χ4n) is 2.53. The summed E-state index contributed by atoms with van der Waals surface area (Å²) in [5, 5.41) is 0. The molecule has 2 atom stereocenters. The summed E-state index contributed by atoms with van der Waals surface area (Å²) in [5.41, 5.74) is 0. The first kappa shape index (κ1) is 17.4. The summed E-state index contributed by atoms with van der Waals surface area (Å²) in [7, 11) is -2.67. The van der Waals surface area contributed by atoms with E-state index in [4.69, 9.17) is 0 Å². The maximum absolute atomic E-state index is 12.9. The second-order valence-electron chi connectivity index (χ2n) is 5.22. The first-order valence-electron chi connectivity index (χ1n) is 6.87. The monoisotopic (exact) mass is 344 g/mol. The zero-order chi connectivity index (χ0) is 17.2. The summed E-state index contributed by atoms with van der Waals surface area (Å²) < 4.78 is 44.5. The highest BCUT2D eigenvalue weighted by Crippen LogP contribution is 2.21. The van der Waals surface area contributed by atoms with E-state index in [-0.39, 0.29) is 23.8 Å². The molecule has 0 radical (unpaired) electrons. The van der Waals surface area contributed by atoms with Gasteiger partial charge in [-0.05, 0) is 30.7 Å². The number of ether oxygens (including phenoxy) is 1. The van der Waals surface area contributed by atoms with Crippen LogP contribution in [0.15, 0.2) is 29.2 Å². The van der Waals surface area contributed by atoms with Gasteiger partial charge in [-0.1, -0.05) is 0 Å². The van der Waals surface area contributed by atoms with Crippen molar-refractivity contribution in [2.24, 2.45) is 0 Å². The maximum atomic E-state index is 12.9. The summed E-state index contributed by atoms with van der Waals surface area (Å²) in [5.74, 6) is -1.48. The minimum absolute atomic E-state index is 0.0650. The van der Waals surface area contributed by atoms with E-state index in [1.165, 1.54) is 18.9 Å². The van der Waals surface area contributed by atoms with Gasteiger partial charge in [-0.2, -0.15) is 0 Å². The van der Waals surface area contributed by atoms with Crippen molar-refractivity contribution in [3.8, 4) is 0 Å². The number of halogens is 1. The topological polar surface area (TPSA) is 92.8 Å². The van der Waals surface area contributed by atoms with Crippen molar-refractivity contribution in [1.82, 2.24) is 9.62 Å². The molecule has 126 valence electrons. The zero-order valence-electron chi connectivity index (χ0n) is 12.7. The third kappa shape index (κ3) is 3.85. The van der Waals surface area contributed by atoms with Crippen LogP contribution in [0.1, 0.15) is 13.3 Å². The van der Waals surface area contributed by atoms with Crippen LogP contribution in [-0.2, 0) is 24.3 Å². The molecule has 1 fully saturated rings. The maximum Gasteiger partial charge on any atom is 0.328 e. The van der Waals surface area contributed by atoms with Crippen molar-refractivity contribution in [2.45, 2.75) is 30.3 Å². The van der Waals surface area contributed by atoms with Gasteiger partial charge in [-0.3, -0.25) is 4.79 Å². The van der Waals surface area contributed by atoms with Crippen molar-refractivity contribution in [3.05, 3.63) is 30.1 Å². The van der Waals surface area contributed by atoms with Crippen LogP contribution in [0.2, 0.25) is 0 Å². The Morgan fingerprint density at radius 3 is 2.43 bits per heavy atom. The largest absolute Gasteiger partial charge is 0.467 e. The van der Waals surface area contributed by atoms with Gasteiger partial charge in [0.1, 0.15) is 11.9 Å². The highest BCUT2D eigenvalue weighted by molar-refractivity contribution is 7.89. The lowest BCUT2D eigenvalue weighted by atomic mass is 10.2. The number of likely N-dealkylation sites (tertiary alicyclic amines) is 1. The number of benzene rings is 1. The van der Waals surface area contributed by atoms with Crippen molar-refractivity contribution in [3.63, 3.8) is 0 Å². The summed E-state index contributed by atoms with van der Waals surface area (Å²) >= 11 is 0. The van der Waals surface area contributed by atoms with E-state index in [1.54, 1.807) is 0 Å². The first-order chi connectivity index (χ1) is 10.7. The summed E-state index contributed by atoms with van der Waals surface area (Å²) in [4.78, 5) is 24.5. The van der Waals surface area contributed by atoms with E-state index in [0.29, 0.717) is 0 Å². The molecule has 1 aromatic rings. The van der Waals surface area contributed by atoms with Crippen LogP contribution in [0.25, 0.3) is 0 Å². The van der Waals surface area contributed by atoms with Gasteiger partial charge in [0.05, 0.1) is 12.0 Å². The van der Waals surface area contributed by atoms with Crippen LogP contribution in [-0.4, -0.2) is 50.9 Å². The SMILES string of the molecule is COC(=O)[C@@H]1C[C@H](NS(=O)(=O)c2ccc(F)cc2)CN1C(C)=O. The Morgan fingerprint density at radius 2 is 1.91 bits per heavy atom. The standard InChI is InChI=1S/C14H17FN2O5S/c1-9(18)17-8-11(7-13(17)14(19)22-2)16-23(20,21)12-5-3-10(15)4-6-12/h3-6,11,13,16H,7-8H2,1-2H3/t11-,13-/m0/s1. The van der Waals surface area contributed by atoms with E-state index in [2.05, 4.69) is 9.46 Å². The van der Waals surface area contributed by atoms with Crippen molar-refractivity contribution >= 4 is 21.9 Å². The highest BCUT2D eigenvalue weighted by Gasteiger charge is 2.40. The van der Waals surface area contributed by atoms with Gasteiger partial charge in [0.25, 0.3) is 0 Å². The van der Waals surface area contributed by atoms with Crippen molar-refractivity contribution in [1.29, 1.82) is 0 Å². The van der Waals surface area contributed by atoms with E-state index in [0.717, 1.165) is 24.3 Å². The van der Waals surface area contributed by atoms with Crippen LogP contribution < -0.4 is 4.72 Å². The highest BCUT2D eigenvalue weighted by atomic mass is 32.2. The lowest BCUT2D eigenvalue weighted by molar-refractivity contribution is -0.150. The minimum atomic E-state index is -3.87. The number of carbonyl (C=O) groups is 2. The molecule has 0 bridgehead atoms. The second-order valence-corrected chi connectivity index (χ2v) is 6.93. The van der Waals surface area contributed by atoms with Gasteiger partial charge in [-0.15, -0.1) is 0 Å². The van der Waals surface area contributed by atoms with Gasteiger partial charge in [-0.25, -0.2) is 22.3 Å². The molecule has 0 spiro atoms. The van der Waals surface area contributed by atoms with Crippen LogP contribution in [0, 0.1) is 5.82 Å². The smallest absolute Gasteiger partial charge is 0.328 e. The van der Waals surface area contributed by atoms with Gasteiger partial charge >= 0.3 is 5.97 Å². The molecule has 0 aliphatic carbocycles. The molecule has 0 unspecified atom stereocenters. The van der Waals surface area contributed by atoms with E-state index >= 15 is 0 Å². The molecule has 1 heterocycles. The number of sulfonamides is 1. The Balaban J connectivity index is 2.15. The average molecular weight is 344 g/mol. The predicted octanol–water partition coefficient (Wildman–Crippen LogP) is 0.266. The van der Waals surface area contributed by atoms with Crippen LogP contribution >= 0.6 is 0 Å². The number of rotatable bonds is 4. The Hall–Kier alpha value is -2.00. The van der Waals surface area contributed by atoms with Gasteiger partial charge in [0, 0.05) is 19.5 Å². The quantitative estimate of drug-likeness (QED) is 0.791. The number of amides is 1. The molecule has 7 nitrogen and oxygen atoms in total. The zero-order valence-corrected chi connectivity index (χ0v) is 13.5. The Bertz CT molecular complexity index is 704. The number of carbonyl (C=O) groups excluding carboxylic acids is 2. The first-order valence-corrected chi connectivity index (χ1v) is 8.36. The van der Waals surface area contributed by atoms with E-state index < -0.39 is 33.9 Å². The molecule has 0 aromatic heterocycles. The lowest BCUT2D eigenvalue weighted by Gasteiger charge is -2.20. The molecule has 1 saturated heterocycles. The van der Waals surface area contributed by atoms with Gasteiger partial charge < -0.3 is 9.64 Å². The fourth-order valence-corrected chi connectivity index (χ4v) is 3.77. The number of nitrogens with zero attached hydrogens (tertiary/aromatic N) is 1. The predicted molar refractivity (Wildman–Crippen MR) is 78.3 cm³/mol. The van der Waals surface area contributed by atoms with Gasteiger partial charge in [0.15, 0.2) is 0 Å². The lowest BCUT2D eigenvalue weighted by Crippen LogP contribution is -2.40. The Morgan fingerprint density at radius 1 is 1.30 bits per heavy atom. The van der Waals surface area contributed by atoms with Crippen molar-refractivity contribution < 1.29 is 27.1 Å². The summed E-state index contributed by atoms with van der Waals surface area (Å²) in [6.45, 7) is 1.36. The molecule has 0 saturated carbocycles. The molecular formula is C14H17FN2O5S. The molecular weight excluding hydrogens is 327 g/mol. The Kier molecular flexibility index (Phi) is 5.00. The molecule has 23 heavy (non-hydrogen) atoms. The molecule has 1 N–H and O–H groups in total. The number of hydrogen-bond acceptors (Lipinski definition) is 5. The molecule has 2 rings (SSSR count). The third-order valence-corrected chi connectivity index (χ3v) is 5.16.